The van der Waals surface area contributed by atoms with Crippen LogP contribution in [-0.2, 0) is 4.79 Å². The standard InChI is InChI=1S/C21H17NO4/c22-19(21(25)26-14-8-2-1-3-9-14)17-12-6-4-10-15(17)16-11-5-7-13-18(16)20(23)24/h1-13,19H,22H2,(H,23,24). The molecule has 0 spiro atoms. The lowest BCUT2D eigenvalue weighted by molar-refractivity contribution is -0.136. The number of benzene rings is 3. The van der Waals surface area contributed by atoms with Gasteiger partial charge in [0.2, 0.25) is 0 Å². The zero-order valence-corrected chi connectivity index (χ0v) is 13.8. The fourth-order valence-corrected chi connectivity index (χ4v) is 2.71. The molecule has 3 aromatic carbocycles. The largest absolute Gasteiger partial charge is 0.478 e. The summed E-state index contributed by atoms with van der Waals surface area (Å²) >= 11 is 0. The molecular weight excluding hydrogens is 330 g/mol. The fourth-order valence-electron chi connectivity index (χ4n) is 2.71. The second-order valence-corrected chi connectivity index (χ2v) is 5.65. The Morgan fingerprint density at radius 3 is 2.08 bits per heavy atom. The molecule has 5 heteroatoms. The van der Waals surface area contributed by atoms with Gasteiger partial charge in [0.15, 0.2) is 0 Å². The highest BCUT2D eigenvalue weighted by Crippen LogP contribution is 2.30. The predicted octanol–water partition coefficient (Wildman–Crippen LogP) is 3.66. The third kappa shape index (κ3) is 3.63. The minimum absolute atomic E-state index is 0.142. The first kappa shape index (κ1) is 17.4. The number of esters is 1. The van der Waals surface area contributed by atoms with Crippen LogP contribution in [0, 0.1) is 0 Å². The Kier molecular flexibility index (Phi) is 5.10. The van der Waals surface area contributed by atoms with Gasteiger partial charge in [-0.15, -0.1) is 0 Å². The molecule has 0 aromatic heterocycles. The van der Waals surface area contributed by atoms with E-state index in [0.717, 1.165) is 0 Å². The number of aromatic carboxylic acids is 1. The van der Waals surface area contributed by atoms with E-state index < -0.39 is 18.0 Å². The number of carbonyl (C=O) groups is 2. The molecule has 0 saturated heterocycles. The molecule has 0 aliphatic rings. The van der Waals surface area contributed by atoms with Crippen molar-refractivity contribution in [1.29, 1.82) is 0 Å². The summed E-state index contributed by atoms with van der Waals surface area (Å²) in [6.45, 7) is 0. The SMILES string of the molecule is NC(C(=O)Oc1ccccc1)c1ccccc1-c1ccccc1C(=O)O. The molecule has 0 aliphatic heterocycles. The number of ether oxygens (including phenoxy) is 1. The minimum Gasteiger partial charge on any atom is -0.478 e. The van der Waals surface area contributed by atoms with E-state index in [1.807, 2.05) is 6.07 Å². The molecule has 3 N–H and O–H groups in total. The van der Waals surface area contributed by atoms with E-state index in [1.54, 1.807) is 66.7 Å². The Morgan fingerprint density at radius 1 is 0.808 bits per heavy atom. The summed E-state index contributed by atoms with van der Waals surface area (Å²) < 4.78 is 5.32. The number of carboxylic acid groups (broad SMARTS) is 1. The number of carboxylic acids is 1. The zero-order valence-electron chi connectivity index (χ0n) is 13.8. The molecule has 0 bridgehead atoms. The summed E-state index contributed by atoms with van der Waals surface area (Å²) in [6.07, 6.45) is 0. The van der Waals surface area contributed by atoms with Crippen molar-refractivity contribution in [2.75, 3.05) is 0 Å². The van der Waals surface area contributed by atoms with E-state index in [-0.39, 0.29) is 5.56 Å². The minimum atomic E-state index is -1.05. The van der Waals surface area contributed by atoms with Gasteiger partial charge >= 0.3 is 11.9 Å². The van der Waals surface area contributed by atoms with Gasteiger partial charge < -0.3 is 15.6 Å². The molecule has 3 rings (SSSR count). The summed E-state index contributed by atoms with van der Waals surface area (Å²) in [7, 11) is 0. The van der Waals surface area contributed by atoms with Gasteiger partial charge in [0, 0.05) is 0 Å². The van der Waals surface area contributed by atoms with Gasteiger partial charge in [-0.05, 0) is 34.9 Å². The van der Waals surface area contributed by atoms with Gasteiger partial charge in [-0.2, -0.15) is 0 Å². The summed E-state index contributed by atoms with van der Waals surface area (Å²) in [6, 6.07) is 21.2. The normalized spacial score (nSPS) is 11.6. The highest BCUT2D eigenvalue weighted by molar-refractivity contribution is 5.97. The molecule has 5 nitrogen and oxygen atoms in total. The number of nitrogens with two attached hydrogens (primary N) is 1. The van der Waals surface area contributed by atoms with Crippen LogP contribution in [0.25, 0.3) is 11.1 Å². The van der Waals surface area contributed by atoms with Gasteiger partial charge in [-0.3, -0.25) is 0 Å². The highest BCUT2D eigenvalue weighted by Gasteiger charge is 2.23. The van der Waals surface area contributed by atoms with Crippen LogP contribution in [0.2, 0.25) is 0 Å². The van der Waals surface area contributed by atoms with Crippen LogP contribution in [0.5, 0.6) is 5.75 Å². The second kappa shape index (κ2) is 7.63. The Hall–Kier alpha value is -3.44. The number of hydrogen-bond acceptors (Lipinski definition) is 4. The number of carbonyl (C=O) groups excluding carboxylic acids is 1. The predicted molar refractivity (Wildman–Crippen MR) is 97.8 cm³/mol. The molecular formula is C21H17NO4. The molecule has 1 unspecified atom stereocenters. The van der Waals surface area contributed by atoms with Gasteiger partial charge in [0.05, 0.1) is 5.56 Å². The smallest absolute Gasteiger partial charge is 0.336 e. The fraction of sp³-hybridized carbons (Fsp3) is 0.0476. The van der Waals surface area contributed by atoms with Crippen molar-refractivity contribution < 1.29 is 19.4 Å². The average Bonchev–Trinajstić information content (AvgIpc) is 2.68. The third-order valence-corrected chi connectivity index (χ3v) is 3.96. The van der Waals surface area contributed by atoms with Crippen LogP contribution in [0.3, 0.4) is 0 Å². The second-order valence-electron chi connectivity index (χ2n) is 5.65. The first-order valence-electron chi connectivity index (χ1n) is 8.02. The average molecular weight is 347 g/mol. The zero-order chi connectivity index (χ0) is 18.5. The van der Waals surface area contributed by atoms with Crippen molar-refractivity contribution in [3.05, 3.63) is 90.0 Å². The van der Waals surface area contributed by atoms with Crippen LogP contribution in [0.15, 0.2) is 78.9 Å². The van der Waals surface area contributed by atoms with E-state index in [4.69, 9.17) is 10.5 Å². The topological polar surface area (TPSA) is 89.6 Å². The van der Waals surface area contributed by atoms with Crippen LogP contribution in [-0.4, -0.2) is 17.0 Å². The van der Waals surface area contributed by atoms with E-state index >= 15 is 0 Å². The third-order valence-electron chi connectivity index (χ3n) is 3.96. The summed E-state index contributed by atoms with van der Waals surface area (Å²) in [5, 5.41) is 9.44. The van der Waals surface area contributed by atoms with Gasteiger partial charge in [-0.1, -0.05) is 60.7 Å². The molecule has 130 valence electrons. The summed E-state index contributed by atoms with van der Waals surface area (Å²) in [5.74, 6) is -1.26. The highest BCUT2D eigenvalue weighted by atomic mass is 16.5. The number of rotatable bonds is 5. The lowest BCUT2D eigenvalue weighted by Gasteiger charge is -2.17. The quantitative estimate of drug-likeness (QED) is 0.543. The molecule has 1 atom stereocenters. The lowest BCUT2D eigenvalue weighted by atomic mass is 9.92. The Bertz CT molecular complexity index is 938. The van der Waals surface area contributed by atoms with E-state index in [1.165, 1.54) is 6.07 Å². The van der Waals surface area contributed by atoms with Crippen molar-refractivity contribution in [3.8, 4) is 16.9 Å². The molecule has 26 heavy (non-hydrogen) atoms. The van der Waals surface area contributed by atoms with E-state index in [9.17, 15) is 14.7 Å². The molecule has 0 saturated carbocycles. The van der Waals surface area contributed by atoms with Crippen molar-refractivity contribution in [2.45, 2.75) is 6.04 Å². The van der Waals surface area contributed by atoms with Crippen molar-refractivity contribution in [2.24, 2.45) is 5.73 Å². The molecule has 0 radical (unpaired) electrons. The number of para-hydroxylation sites is 1. The van der Waals surface area contributed by atoms with Gasteiger partial charge in [0.25, 0.3) is 0 Å². The number of hydrogen-bond donors (Lipinski definition) is 2. The molecule has 0 amide bonds. The van der Waals surface area contributed by atoms with Crippen molar-refractivity contribution >= 4 is 11.9 Å². The van der Waals surface area contributed by atoms with Crippen LogP contribution >= 0.6 is 0 Å². The maximum atomic E-state index is 12.5. The monoisotopic (exact) mass is 347 g/mol. The summed E-state index contributed by atoms with van der Waals surface area (Å²) in [5.41, 5.74) is 7.86. The molecule has 3 aromatic rings. The van der Waals surface area contributed by atoms with Crippen molar-refractivity contribution in [1.82, 2.24) is 0 Å². The Morgan fingerprint density at radius 2 is 1.38 bits per heavy atom. The van der Waals surface area contributed by atoms with E-state index in [2.05, 4.69) is 0 Å². The van der Waals surface area contributed by atoms with Crippen molar-refractivity contribution in [3.63, 3.8) is 0 Å². The van der Waals surface area contributed by atoms with Crippen LogP contribution in [0.4, 0.5) is 0 Å². The van der Waals surface area contributed by atoms with Gasteiger partial charge in [0.1, 0.15) is 11.8 Å². The Labute approximate surface area is 150 Å². The van der Waals surface area contributed by atoms with Crippen LogP contribution in [0.1, 0.15) is 22.0 Å². The van der Waals surface area contributed by atoms with E-state index in [0.29, 0.717) is 22.4 Å². The molecule has 0 fully saturated rings. The molecule has 0 heterocycles. The first-order chi connectivity index (χ1) is 12.6. The van der Waals surface area contributed by atoms with Gasteiger partial charge in [-0.25, -0.2) is 9.59 Å². The summed E-state index contributed by atoms with van der Waals surface area (Å²) in [4.78, 5) is 24.0. The first-order valence-corrected chi connectivity index (χ1v) is 8.02. The maximum absolute atomic E-state index is 12.5. The van der Waals surface area contributed by atoms with Crippen LogP contribution < -0.4 is 10.5 Å². The Balaban J connectivity index is 1.97. The molecule has 0 aliphatic carbocycles. The maximum Gasteiger partial charge on any atom is 0.336 e. The lowest BCUT2D eigenvalue weighted by Crippen LogP contribution is -2.26.